The molecule has 0 saturated carbocycles. The van der Waals surface area contributed by atoms with Crippen LogP contribution in [0, 0.1) is 0 Å². The summed E-state index contributed by atoms with van der Waals surface area (Å²) in [5, 5.41) is 9.75. The minimum absolute atomic E-state index is 0.0152. The van der Waals surface area contributed by atoms with Crippen LogP contribution in [0.3, 0.4) is 0 Å². The van der Waals surface area contributed by atoms with E-state index in [1.54, 1.807) is 30.3 Å². The van der Waals surface area contributed by atoms with E-state index in [0.29, 0.717) is 16.9 Å². The highest BCUT2D eigenvalue weighted by Crippen LogP contribution is 2.33. The zero-order valence-electron chi connectivity index (χ0n) is 12.1. The molecule has 0 amide bonds. The van der Waals surface area contributed by atoms with Crippen LogP contribution in [0.1, 0.15) is 0 Å². The molecular weight excluding hydrogens is 290 g/mol. The second-order valence-corrected chi connectivity index (χ2v) is 6.82. The lowest BCUT2D eigenvalue weighted by atomic mass is 10.1. The molecule has 0 saturated heterocycles. The Morgan fingerprint density at radius 2 is 1.76 bits per heavy atom. The predicted molar refractivity (Wildman–Crippen MR) is 81.0 cm³/mol. The molecule has 0 spiro atoms. The molecule has 0 unspecified atom stereocenters. The molecule has 1 N–H and O–H groups in total. The predicted octanol–water partition coefficient (Wildman–Crippen LogP) is 2.32. The maximum Gasteiger partial charge on any atom is 0.243 e. The highest BCUT2D eigenvalue weighted by molar-refractivity contribution is 7.89. The molecule has 6 heteroatoms. The van der Waals surface area contributed by atoms with Crippen molar-refractivity contribution in [2.45, 2.75) is 4.90 Å². The van der Waals surface area contributed by atoms with Crippen molar-refractivity contribution in [2.24, 2.45) is 0 Å². The smallest absolute Gasteiger partial charge is 0.243 e. The van der Waals surface area contributed by atoms with E-state index in [-0.39, 0.29) is 10.6 Å². The molecule has 0 aromatic heterocycles. The first-order valence-corrected chi connectivity index (χ1v) is 7.70. The van der Waals surface area contributed by atoms with Gasteiger partial charge >= 0.3 is 0 Å². The average Bonchev–Trinajstić information content (AvgIpc) is 2.46. The van der Waals surface area contributed by atoms with E-state index < -0.39 is 10.0 Å². The number of phenols is 1. The molecule has 0 atom stereocenters. The summed E-state index contributed by atoms with van der Waals surface area (Å²) in [7, 11) is 0.873. The van der Waals surface area contributed by atoms with Crippen molar-refractivity contribution in [1.82, 2.24) is 4.31 Å². The third-order valence-corrected chi connectivity index (χ3v) is 4.96. The summed E-state index contributed by atoms with van der Waals surface area (Å²) in [4.78, 5) is 0.183. The van der Waals surface area contributed by atoms with Gasteiger partial charge in [-0.05, 0) is 23.8 Å². The van der Waals surface area contributed by atoms with Crippen LogP contribution < -0.4 is 4.74 Å². The number of rotatable bonds is 4. The van der Waals surface area contributed by atoms with Crippen LogP contribution in [0.25, 0.3) is 11.1 Å². The van der Waals surface area contributed by atoms with Gasteiger partial charge in [0.2, 0.25) is 10.0 Å². The van der Waals surface area contributed by atoms with Gasteiger partial charge in [-0.3, -0.25) is 0 Å². The third-order valence-electron chi connectivity index (χ3n) is 3.08. The van der Waals surface area contributed by atoms with E-state index >= 15 is 0 Å². The first-order chi connectivity index (χ1) is 9.86. The minimum Gasteiger partial charge on any atom is -0.508 e. The minimum atomic E-state index is -3.58. The van der Waals surface area contributed by atoms with Crippen molar-refractivity contribution < 1.29 is 18.3 Å². The summed E-state index contributed by atoms with van der Waals surface area (Å²) in [6.07, 6.45) is 0. The Balaban J connectivity index is 2.69. The molecule has 2 rings (SSSR count). The fraction of sp³-hybridized carbons (Fsp3) is 0.200. The van der Waals surface area contributed by atoms with Gasteiger partial charge in [0, 0.05) is 25.7 Å². The first-order valence-electron chi connectivity index (χ1n) is 6.26. The maximum atomic E-state index is 12.4. The number of benzene rings is 2. The third kappa shape index (κ3) is 3.01. The highest BCUT2D eigenvalue weighted by atomic mass is 32.2. The molecule has 0 aliphatic heterocycles. The van der Waals surface area contributed by atoms with Crippen molar-refractivity contribution in [3.8, 4) is 22.6 Å². The van der Waals surface area contributed by atoms with Gasteiger partial charge in [0.25, 0.3) is 0 Å². The van der Waals surface area contributed by atoms with Gasteiger partial charge in [-0.25, -0.2) is 12.7 Å². The fourth-order valence-corrected chi connectivity index (χ4v) is 3.09. The summed E-state index contributed by atoms with van der Waals surface area (Å²) >= 11 is 0. The first kappa shape index (κ1) is 15.3. The van der Waals surface area contributed by atoms with Crippen LogP contribution >= 0.6 is 0 Å². The lowest BCUT2D eigenvalue weighted by Crippen LogP contribution is -2.22. The normalized spacial score (nSPS) is 11.6. The van der Waals surface area contributed by atoms with Gasteiger partial charge in [0.05, 0.1) is 12.0 Å². The number of aromatic hydroxyl groups is 1. The Hall–Kier alpha value is -2.05. The standard InChI is InChI=1S/C15H17NO4S/c1-16(2)21(18,19)15-7-5-4-6-14(15)11-8-12(17)10-13(9-11)20-3/h4-10,17H,1-3H3. The van der Waals surface area contributed by atoms with Gasteiger partial charge in [0.15, 0.2) is 0 Å². The van der Waals surface area contributed by atoms with E-state index in [2.05, 4.69) is 0 Å². The zero-order chi connectivity index (χ0) is 15.6. The molecule has 0 heterocycles. The van der Waals surface area contributed by atoms with E-state index in [1.165, 1.54) is 33.3 Å². The summed E-state index contributed by atoms with van der Waals surface area (Å²) in [5.41, 5.74) is 1.09. The van der Waals surface area contributed by atoms with Crippen LogP contribution in [0.15, 0.2) is 47.4 Å². The number of sulfonamides is 1. The van der Waals surface area contributed by atoms with Gasteiger partial charge in [0.1, 0.15) is 11.5 Å². The van der Waals surface area contributed by atoms with E-state index in [0.717, 1.165) is 4.31 Å². The Labute approximate surface area is 124 Å². The van der Waals surface area contributed by atoms with E-state index in [1.807, 2.05) is 0 Å². The molecule has 0 aliphatic rings. The van der Waals surface area contributed by atoms with Crippen molar-refractivity contribution in [3.63, 3.8) is 0 Å². The second-order valence-electron chi connectivity index (χ2n) is 4.70. The highest BCUT2D eigenvalue weighted by Gasteiger charge is 2.21. The largest absolute Gasteiger partial charge is 0.508 e. The number of nitrogens with zero attached hydrogens (tertiary/aromatic N) is 1. The van der Waals surface area contributed by atoms with Crippen LogP contribution in [-0.4, -0.2) is 39.0 Å². The molecular formula is C15H17NO4S. The van der Waals surface area contributed by atoms with Crippen LogP contribution in [0.2, 0.25) is 0 Å². The average molecular weight is 307 g/mol. The van der Waals surface area contributed by atoms with Crippen molar-refractivity contribution in [2.75, 3.05) is 21.2 Å². The van der Waals surface area contributed by atoms with Gasteiger partial charge < -0.3 is 9.84 Å². The fourth-order valence-electron chi connectivity index (χ4n) is 1.98. The van der Waals surface area contributed by atoms with E-state index in [9.17, 15) is 13.5 Å². The van der Waals surface area contributed by atoms with Crippen LogP contribution in [-0.2, 0) is 10.0 Å². The van der Waals surface area contributed by atoms with Gasteiger partial charge in [-0.15, -0.1) is 0 Å². The van der Waals surface area contributed by atoms with E-state index in [4.69, 9.17) is 4.74 Å². The molecule has 112 valence electrons. The molecule has 5 nitrogen and oxygen atoms in total. The second kappa shape index (κ2) is 5.75. The van der Waals surface area contributed by atoms with Gasteiger partial charge in [-0.1, -0.05) is 18.2 Å². The molecule has 0 fully saturated rings. The van der Waals surface area contributed by atoms with Crippen LogP contribution in [0.4, 0.5) is 0 Å². The van der Waals surface area contributed by atoms with Crippen molar-refractivity contribution in [1.29, 1.82) is 0 Å². The molecule has 2 aromatic carbocycles. The lowest BCUT2D eigenvalue weighted by Gasteiger charge is -2.15. The summed E-state index contributed by atoms with van der Waals surface area (Å²) in [6, 6.07) is 11.3. The molecule has 21 heavy (non-hydrogen) atoms. The Kier molecular flexibility index (Phi) is 4.20. The number of phenolic OH excluding ortho intramolecular Hbond substituents is 1. The molecule has 0 aliphatic carbocycles. The van der Waals surface area contributed by atoms with Crippen molar-refractivity contribution in [3.05, 3.63) is 42.5 Å². The molecule has 0 radical (unpaired) electrons. The lowest BCUT2D eigenvalue weighted by molar-refractivity contribution is 0.408. The summed E-state index contributed by atoms with van der Waals surface area (Å²) in [6.45, 7) is 0. The number of methoxy groups -OCH3 is 1. The number of hydrogen-bond donors (Lipinski definition) is 1. The Morgan fingerprint density at radius 1 is 1.10 bits per heavy atom. The Bertz CT molecular complexity index is 754. The Morgan fingerprint density at radius 3 is 2.38 bits per heavy atom. The quantitative estimate of drug-likeness (QED) is 0.941. The summed E-state index contributed by atoms with van der Waals surface area (Å²) < 4.78 is 31.1. The number of hydrogen-bond acceptors (Lipinski definition) is 4. The maximum absolute atomic E-state index is 12.4. The number of ether oxygens (including phenoxy) is 1. The van der Waals surface area contributed by atoms with Crippen LogP contribution in [0.5, 0.6) is 11.5 Å². The molecule has 2 aromatic rings. The summed E-state index contributed by atoms with van der Waals surface area (Å²) in [5.74, 6) is 0.475. The molecule has 0 bridgehead atoms. The topological polar surface area (TPSA) is 66.8 Å². The van der Waals surface area contributed by atoms with Crippen molar-refractivity contribution >= 4 is 10.0 Å². The SMILES string of the molecule is COc1cc(O)cc(-c2ccccc2S(=O)(=O)N(C)C)c1. The monoisotopic (exact) mass is 307 g/mol. The zero-order valence-corrected chi connectivity index (χ0v) is 12.9. The van der Waals surface area contributed by atoms with Gasteiger partial charge in [-0.2, -0.15) is 0 Å².